The number of carbonyl (C=O) groups excluding carboxylic acids is 1. The van der Waals surface area contributed by atoms with Crippen molar-refractivity contribution in [3.8, 4) is 0 Å². The Morgan fingerprint density at radius 3 is 2.67 bits per heavy atom. The van der Waals surface area contributed by atoms with Crippen LogP contribution in [0.25, 0.3) is 0 Å². The van der Waals surface area contributed by atoms with Crippen LogP contribution in [0.15, 0.2) is 51.2 Å². The standard InChI is InChI=1S/C15H14N2OS3/c1-3-17-10-6-4-5-7-11(10)20-13(17)9-8-12-14(18)16(2)15(19)21-12/h4-9H,3H2,1-2H3/b12-8-,13-9-. The van der Waals surface area contributed by atoms with Gasteiger partial charge in [-0.05, 0) is 31.2 Å². The molecule has 0 atom stereocenters. The first-order valence-electron chi connectivity index (χ1n) is 6.58. The van der Waals surface area contributed by atoms with E-state index >= 15 is 0 Å². The van der Waals surface area contributed by atoms with Gasteiger partial charge in [0, 0.05) is 18.5 Å². The number of rotatable bonds is 2. The molecule has 2 aliphatic rings. The summed E-state index contributed by atoms with van der Waals surface area (Å²) in [5.74, 6) is -0.0228. The molecule has 0 aromatic heterocycles. The summed E-state index contributed by atoms with van der Waals surface area (Å²) in [6, 6.07) is 8.34. The molecular weight excluding hydrogens is 320 g/mol. The van der Waals surface area contributed by atoms with Crippen molar-refractivity contribution in [2.45, 2.75) is 11.8 Å². The van der Waals surface area contributed by atoms with Crippen molar-refractivity contribution in [2.24, 2.45) is 0 Å². The van der Waals surface area contributed by atoms with Gasteiger partial charge in [0.15, 0.2) is 0 Å². The Bertz CT molecular complexity index is 681. The Hall–Kier alpha value is -1.24. The fraction of sp³-hybridized carbons (Fsp3) is 0.200. The number of carbonyl (C=O) groups is 1. The lowest BCUT2D eigenvalue weighted by molar-refractivity contribution is -0.121. The van der Waals surface area contributed by atoms with Crippen LogP contribution in [-0.4, -0.2) is 28.7 Å². The quantitative estimate of drug-likeness (QED) is 0.604. The molecule has 0 spiro atoms. The highest BCUT2D eigenvalue weighted by Gasteiger charge is 2.29. The number of fused-ring (bicyclic) bond motifs is 1. The molecule has 0 unspecified atom stereocenters. The highest BCUT2D eigenvalue weighted by molar-refractivity contribution is 8.26. The zero-order valence-electron chi connectivity index (χ0n) is 11.7. The normalized spacial score (nSPS) is 21.8. The second-order valence-corrected chi connectivity index (χ2v) is 7.32. The second-order valence-electron chi connectivity index (χ2n) is 4.58. The molecule has 0 aliphatic carbocycles. The number of likely N-dealkylation sites (N-methyl/N-ethyl adjacent to an activating group) is 1. The number of hydrogen-bond donors (Lipinski definition) is 0. The maximum Gasteiger partial charge on any atom is 0.265 e. The van der Waals surface area contributed by atoms with Crippen LogP contribution in [-0.2, 0) is 4.79 Å². The van der Waals surface area contributed by atoms with Gasteiger partial charge in [-0.3, -0.25) is 9.69 Å². The Kier molecular flexibility index (Phi) is 4.10. The monoisotopic (exact) mass is 334 g/mol. The van der Waals surface area contributed by atoms with Crippen LogP contribution in [0.1, 0.15) is 6.92 Å². The molecule has 1 amide bonds. The smallest absolute Gasteiger partial charge is 0.265 e. The van der Waals surface area contributed by atoms with E-state index in [-0.39, 0.29) is 5.91 Å². The summed E-state index contributed by atoms with van der Waals surface area (Å²) in [4.78, 5) is 17.7. The molecule has 0 saturated carbocycles. The molecule has 0 bridgehead atoms. The van der Waals surface area contributed by atoms with E-state index in [0.29, 0.717) is 9.23 Å². The zero-order chi connectivity index (χ0) is 15.0. The molecule has 3 rings (SSSR count). The number of para-hydroxylation sites is 1. The molecule has 108 valence electrons. The summed E-state index contributed by atoms with van der Waals surface area (Å²) in [5.41, 5.74) is 1.23. The first-order chi connectivity index (χ1) is 10.1. The van der Waals surface area contributed by atoms with Crippen molar-refractivity contribution >= 4 is 51.7 Å². The first kappa shape index (κ1) is 14.7. The third kappa shape index (κ3) is 2.63. The van der Waals surface area contributed by atoms with Gasteiger partial charge in [0.2, 0.25) is 0 Å². The minimum absolute atomic E-state index is 0.0228. The fourth-order valence-corrected chi connectivity index (χ4v) is 4.46. The number of thiocarbonyl (C=S) groups is 1. The van der Waals surface area contributed by atoms with Gasteiger partial charge in [0.1, 0.15) is 4.32 Å². The van der Waals surface area contributed by atoms with Gasteiger partial charge in [-0.25, -0.2) is 0 Å². The molecule has 3 nitrogen and oxygen atoms in total. The third-order valence-corrected chi connectivity index (χ3v) is 5.95. The van der Waals surface area contributed by atoms with Crippen molar-refractivity contribution in [3.05, 3.63) is 46.4 Å². The molecule has 21 heavy (non-hydrogen) atoms. The lowest BCUT2D eigenvalue weighted by Crippen LogP contribution is -2.22. The van der Waals surface area contributed by atoms with E-state index < -0.39 is 0 Å². The van der Waals surface area contributed by atoms with Crippen molar-refractivity contribution in [2.75, 3.05) is 18.5 Å². The Morgan fingerprint density at radius 2 is 2.00 bits per heavy atom. The van der Waals surface area contributed by atoms with Crippen LogP contribution in [0.4, 0.5) is 5.69 Å². The van der Waals surface area contributed by atoms with E-state index in [1.54, 1.807) is 18.8 Å². The van der Waals surface area contributed by atoms with E-state index in [4.69, 9.17) is 12.2 Å². The maximum absolute atomic E-state index is 12.0. The summed E-state index contributed by atoms with van der Waals surface area (Å²) >= 11 is 8.22. The van der Waals surface area contributed by atoms with Crippen molar-refractivity contribution in [1.29, 1.82) is 0 Å². The van der Waals surface area contributed by atoms with Gasteiger partial charge in [-0.1, -0.05) is 47.9 Å². The molecule has 2 aliphatic heterocycles. The summed E-state index contributed by atoms with van der Waals surface area (Å²) in [7, 11) is 1.71. The van der Waals surface area contributed by atoms with E-state index in [2.05, 4.69) is 24.0 Å². The summed E-state index contributed by atoms with van der Waals surface area (Å²) in [6.07, 6.45) is 3.88. The molecule has 1 aromatic carbocycles. The van der Waals surface area contributed by atoms with E-state index in [9.17, 15) is 4.79 Å². The fourth-order valence-electron chi connectivity index (χ4n) is 2.21. The Balaban J connectivity index is 1.89. The van der Waals surface area contributed by atoms with Crippen LogP contribution in [0.3, 0.4) is 0 Å². The minimum Gasteiger partial charge on any atom is -0.335 e. The number of nitrogens with zero attached hydrogens (tertiary/aromatic N) is 2. The predicted molar refractivity (Wildman–Crippen MR) is 94.4 cm³/mol. The first-order valence-corrected chi connectivity index (χ1v) is 8.62. The maximum atomic E-state index is 12.0. The van der Waals surface area contributed by atoms with Gasteiger partial charge in [-0.15, -0.1) is 0 Å². The van der Waals surface area contributed by atoms with Crippen LogP contribution in [0.2, 0.25) is 0 Å². The molecule has 1 aromatic rings. The number of anilines is 1. The van der Waals surface area contributed by atoms with Gasteiger partial charge >= 0.3 is 0 Å². The highest BCUT2D eigenvalue weighted by atomic mass is 32.2. The van der Waals surface area contributed by atoms with Crippen LogP contribution in [0.5, 0.6) is 0 Å². The van der Waals surface area contributed by atoms with Crippen LogP contribution < -0.4 is 4.90 Å². The lowest BCUT2D eigenvalue weighted by Gasteiger charge is -2.17. The van der Waals surface area contributed by atoms with Gasteiger partial charge < -0.3 is 4.90 Å². The third-order valence-electron chi connectivity index (χ3n) is 3.32. The number of thioether (sulfide) groups is 2. The predicted octanol–water partition coefficient (Wildman–Crippen LogP) is 3.83. The molecule has 0 radical (unpaired) electrons. The van der Waals surface area contributed by atoms with E-state index in [0.717, 1.165) is 11.6 Å². The van der Waals surface area contributed by atoms with Crippen molar-refractivity contribution in [3.63, 3.8) is 0 Å². The summed E-state index contributed by atoms with van der Waals surface area (Å²) < 4.78 is 0.611. The van der Waals surface area contributed by atoms with Crippen LogP contribution >= 0.6 is 35.7 Å². The largest absolute Gasteiger partial charge is 0.335 e. The van der Waals surface area contributed by atoms with Gasteiger partial charge in [-0.2, -0.15) is 0 Å². The summed E-state index contributed by atoms with van der Waals surface area (Å²) in [5, 5.41) is 1.14. The van der Waals surface area contributed by atoms with Crippen molar-refractivity contribution < 1.29 is 4.79 Å². The molecule has 0 N–H and O–H groups in total. The number of allylic oxidation sites excluding steroid dienone is 2. The molecule has 2 heterocycles. The van der Waals surface area contributed by atoms with Gasteiger partial charge in [0.05, 0.1) is 15.6 Å². The minimum atomic E-state index is -0.0228. The zero-order valence-corrected chi connectivity index (χ0v) is 14.1. The number of amides is 1. The average molecular weight is 334 g/mol. The Labute approximate surface area is 138 Å². The molecule has 6 heteroatoms. The second kappa shape index (κ2) is 5.87. The molecular formula is C15H14N2OS3. The number of benzene rings is 1. The topological polar surface area (TPSA) is 23.6 Å². The molecule has 1 saturated heterocycles. The SMILES string of the molecule is CCN1/C(=C/C=C2\SC(=S)N(C)C2=O)Sc2ccccc21. The molecule has 1 fully saturated rings. The number of hydrogen-bond acceptors (Lipinski definition) is 5. The Morgan fingerprint density at radius 1 is 1.24 bits per heavy atom. The summed E-state index contributed by atoms with van der Waals surface area (Å²) in [6.45, 7) is 3.03. The van der Waals surface area contributed by atoms with Crippen molar-refractivity contribution in [1.82, 2.24) is 4.90 Å². The van der Waals surface area contributed by atoms with E-state index in [1.807, 2.05) is 24.3 Å². The average Bonchev–Trinajstić information content (AvgIpc) is 2.97. The lowest BCUT2D eigenvalue weighted by atomic mass is 10.3. The van der Waals surface area contributed by atoms with Crippen LogP contribution in [0, 0.1) is 0 Å². The van der Waals surface area contributed by atoms with E-state index in [1.165, 1.54) is 27.2 Å². The highest BCUT2D eigenvalue weighted by Crippen LogP contribution is 2.45. The van der Waals surface area contributed by atoms with Gasteiger partial charge in [0.25, 0.3) is 5.91 Å².